The third kappa shape index (κ3) is 3.87. The highest BCUT2D eigenvalue weighted by Gasteiger charge is 2.45. The van der Waals surface area contributed by atoms with Gasteiger partial charge in [0.05, 0.1) is 5.56 Å². The average Bonchev–Trinajstić information content (AvgIpc) is 3.45. The Bertz CT molecular complexity index is 1100. The molecule has 170 valence electrons. The highest BCUT2D eigenvalue weighted by Crippen LogP contribution is 2.49. The Morgan fingerprint density at radius 2 is 1.88 bits per heavy atom. The van der Waals surface area contributed by atoms with Gasteiger partial charge >= 0.3 is 6.18 Å². The minimum Gasteiger partial charge on any atom is -0.371 e. The second-order valence-corrected chi connectivity index (χ2v) is 8.82. The van der Waals surface area contributed by atoms with Gasteiger partial charge in [0.1, 0.15) is 0 Å². The monoisotopic (exact) mass is 446 g/mol. The fraction of sp³-hybridized carbons (Fsp3) is 0.500. The van der Waals surface area contributed by atoms with Gasteiger partial charge in [-0.3, -0.25) is 4.90 Å². The van der Waals surface area contributed by atoms with Crippen molar-refractivity contribution in [1.29, 1.82) is 0 Å². The number of fused-ring (bicyclic) bond motifs is 2. The zero-order chi connectivity index (χ0) is 22.5. The number of rotatable bonds is 5. The average molecular weight is 446 g/mol. The van der Waals surface area contributed by atoms with Crippen molar-refractivity contribution in [2.75, 3.05) is 19.6 Å². The van der Waals surface area contributed by atoms with Crippen LogP contribution in [0.2, 0.25) is 0 Å². The van der Waals surface area contributed by atoms with Crippen LogP contribution in [0, 0.1) is 11.8 Å². The number of hydrogen-bond donors (Lipinski definition) is 2. The van der Waals surface area contributed by atoms with Crippen LogP contribution in [0.3, 0.4) is 0 Å². The number of hydrogen-bond acceptors (Lipinski definition) is 6. The predicted molar refractivity (Wildman–Crippen MR) is 110 cm³/mol. The van der Waals surface area contributed by atoms with Crippen molar-refractivity contribution in [2.45, 2.75) is 37.6 Å². The van der Waals surface area contributed by atoms with E-state index in [2.05, 4.69) is 15.1 Å². The number of aromatic nitrogens is 4. The van der Waals surface area contributed by atoms with E-state index in [1.807, 2.05) is 4.90 Å². The van der Waals surface area contributed by atoms with E-state index in [1.165, 1.54) is 12.1 Å². The van der Waals surface area contributed by atoms with Crippen LogP contribution in [-0.2, 0) is 12.6 Å². The third-order valence-electron chi connectivity index (χ3n) is 6.76. The molecule has 3 N–H and O–H groups in total. The second-order valence-electron chi connectivity index (χ2n) is 8.82. The molecule has 2 unspecified atom stereocenters. The molecule has 0 bridgehead atoms. The number of alkyl halides is 3. The fourth-order valence-electron chi connectivity index (χ4n) is 5.31. The largest absolute Gasteiger partial charge is 0.416 e. The second kappa shape index (κ2) is 8.09. The summed E-state index contributed by atoms with van der Waals surface area (Å²) in [4.78, 5) is 10.5. The van der Waals surface area contributed by atoms with Crippen LogP contribution in [0.4, 0.5) is 13.2 Å². The van der Waals surface area contributed by atoms with Crippen LogP contribution in [0.15, 0.2) is 36.7 Å². The molecule has 2 fully saturated rings. The molecule has 32 heavy (non-hydrogen) atoms. The number of nitrogens with zero attached hydrogens (tertiary/aromatic N) is 5. The summed E-state index contributed by atoms with van der Waals surface area (Å²) in [5.41, 5.74) is 6.38. The molecule has 5 rings (SSSR count). The zero-order valence-electron chi connectivity index (χ0n) is 17.4. The lowest BCUT2D eigenvalue weighted by atomic mass is 9.91. The van der Waals surface area contributed by atoms with Gasteiger partial charge in [-0.25, -0.2) is 9.50 Å². The van der Waals surface area contributed by atoms with Gasteiger partial charge in [0.25, 0.3) is 5.78 Å². The van der Waals surface area contributed by atoms with Gasteiger partial charge in [0.15, 0.2) is 12.1 Å². The number of likely N-dealkylation sites (tertiary alicyclic amines) is 1. The first-order valence-corrected chi connectivity index (χ1v) is 10.8. The van der Waals surface area contributed by atoms with Crippen molar-refractivity contribution < 1.29 is 18.3 Å². The molecule has 0 spiro atoms. The lowest BCUT2D eigenvalue weighted by Gasteiger charge is -2.23. The molecule has 7 nitrogen and oxygen atoms in total. The van der Waals surface area contributed by atoms with Crippen LogP contribution < -0.4 is 5.73 Å². The summed E-state index contributed by atoms with van der Waals surface area (Å²) >= 11 is 0. The Kier molecular flexibility index (Phi) is 5.39. The molecule has 3 heterocycles. The minimum atomic E-state index is -4.34. The third-order valence-corrected chi connectivity index (χ3v) is 6.76. The Hall–Kier alpha value is -2.56. The van der Waals surface area contributed by atoms with Gasteiger partial charge in [-0.1, -0.05) is 18.2 Å². The molecule has 10 heteroatoms. The van der Waals surface area contributed by atoms with Gasteiger partial charge in [-0.05, 0) is 60.8 Å². The van der Waals surface area contributed by atoms with Gasteiger partial charge < -0.3 is 10.8 Å². The highest BCUT2D eigenvalue weighted by molar-refractivity contribution is 5.34. The number of aliphatic hydroxyl groups is 1. The van der Waals surface area contributed by atoms with E-state index in [-0.39, 0.29) is 23.6 Å². The topological polar surface area (TPSA) is 92.6 Å². The molecule has 1 aromatic carbocycles. The van der Waals surface area contributed by atoms with E-state index in [4.69, 9.17) is 5.73 Å². The van der Waals surface area contributed by atoms with E-state index < -0.39 is 18.0 Å². The molecule has 1 aliphatic heterocycles. The quantitative estimate of drug-likeness (QED) is 0.626. The maximum atomic E-state index is 13.4. The summed E-state index contributed by atoms with van der Waals surface area (Å²) in [6.45, 7) is 1.72. The SMILES string of the molecule is NCCc1cnc2nc(C(O)N3C[C@H]4CC(c5ccccc5C(F)(F)F)C[C@H]4C3)nn2c1. The van der Waals surface area contributed by atoms with Crippen molar-refractivity contribution in [1.82, 2.24) is 24.5 Å². The first kappa shape index (κ1) is 21.3. The molecule has 3 aromatic rings. The summed E-state index contributed by atoms with van der Waals surface area (Å²) in [6, 6.07) is 5.89. The molecule has 2 aliphatic rings. The van der Waals surface area contributed by atoms with Gasteiger partial charge in [-0.15, -0.1) is 5.10 Å². The summed E-state index contributed by atoms with van der Waals surface area (Å²) in [5, 5.41) is 15.3. The van der Waals surface area contributed by atoms with Gasteiger partial charge in [-0.2, -0.15) is 18.2 Å². The van der Waals surface area contributed by atoms with Crippen LogP contribution in [0.1, 0.15) is 47.5 Å². The Morgan fingerprint density at radius 3 is 2.56 bits per heavy atom. The summed E-state index contributed by atoms with van der Waals surface area (Å²) in [7, 11) is 0. The van der Waals surface area contributed by atoms with Crippen molar-refractivity contribution >= 4 is 5.78 Å². The standard InChI is InChI=1S/C22H25F3N6O/c23-22(24,25)18-4-2-1-3-17(18)14-7-15-11-30(12-16(15)8-14)20(32)19-28-21-27-9-13(5-6-26)10-31(21)29-19/h1-4,9-10,14-16,20,32H,5-8,11-12,26H2/t14?,15-,16+,20?. The van der Waals surface area contributed by atoms with E-state index in [0.29, 0.717) is 50.2 Å². The minimum absolute atomic E-state index is 0.111. The molecule has 0 amide bonds. The normalized spacial score (nSPS) is 24.8. The lowest BCUT2D eigenvalue weighted by molar-refractivity contribution is -0.138. The first-order chi connectivity index (χ1) is 15.3. The Labute approximate surface area is 183 Å². The maximum absolute atomic E-state index is 13.4. The van der Waals surface area contributed by atoms with Crippen molar-refractivity contribution in [3.05, 3.63) is 59.2 Å². The predicted octanol–water partition coefficient (Wildman–Crippen LogP) is 2.76. The molecular weight excluding hydrogens is 421 g/mol. The number of nitrogens with two attached hydrogens (primary N) is 1. The molecule has 1 saturated heterocycles. The molecular formula is C22H25F3N6O. The van der Waals surface area contributed by atoms with Gasteiger partial charge in [0.2, 0.25) is 0 Å². The summed E-state index contributed by atoms with van der Waals surface area (Å²) in [5.74, 6) is 1.05. The van der Waals surface area contributed by atoms with E-state index in [9.17, 15) is 18.3 Å². The Balaban J connectivity index is 1.28. The van der Waals surface area contributed by atoms with Crippen LogP contribution in [0.5, 0.6) is 0 Å². The van der Waals surface area contributed by atoms with Crippen molar-refractivity contribution in [3.8, 4) is 0 Å². The smallest absolute Gasteiger partial charge is 0.371 e. The first-order valence-electron chi connectivity index (χ1n) is 10.8. The molecule has 4 atom stereocenters. The van der Waals surface area contributed by atoms with E-state index in [0.717, 1.165) is 5.56 Å². The fourth-order valence-corrected chi connectivity index (χ4v) is 5.31. The van der Waals surface area contributed by atoms with E-state index in [1.54, 1.807) is 29.0 Å². The molecule has 0 radical (unpaired) electrons. The van der Waals surface area contributed by atoms with E-state index >= 15 is 0 Å². The number of benzene rings is 1. The van der Waals surface area contributed by atoms with Crippen LogP contribution in [-0.4, -0.2) is 49.2 Å². The number of aliphatic hydroxyl groups excluding tert-OH is 1. The maximum Gasteiger partial charge on any atom is 0.416 e. The van der Waals surface area contributed by atoms with Crippen LogP contribution in [0.25, 0.3) is 5.78 Å². The van der Waals surface area contributed by atoms with Gasteiger partial charge in [0, 0.05) is 25.5 Å². The molecule has 2 aromatic heterocycles. The zero-order valence-corrected chi connectivity index (χ0v) is 17.4. The summed E-state index contributed by atoms with van der Waals surface area (Å²) in [6.07, 6.45) is 0.235. The molecule has 1 aliphatic carbocycles. The van der Waals surface area contributed by atoms with Crippen molar-refractivity contribution in [2.24, 2.45) is 17.6 Å². The lowest BCUT2D eigenvalue weighted by Crippen LogP contribution is -2.28. The number of halogens is 3. The van der Waals surface area contributed by atoms with Crippen molar-refractivity contribution in [3.63, 3.8) is 0 Å². The Morgan fingerprint density at radius 1 is 1.16 bits per heavy atom. The molecule has 1 saturated carbocycles. The summed E-state index contributed by atoms with van der Waals surface area (Å²) < 4.78 is 41.9. The van der Waals surface area contributed by atoms with Crippen LogP contribution >= 0.6 is 0 Å². The highest BCUT2D eigenvalue weighted by atomic mass is 19.4.